The predicted octanol–water partition coefficient (Wildman–Crippen LogP) is 2.13. The molecule has 1 saturated carbocycles. The number of aliphatic hydroxyl groups is 1. The molecule has 0 heterocycles. The van der Waals surface area contributed by atoms with Crippen LogP contribution in [0.25, 0.3) is 0 Å². The van der Waals surface area contributed by atoms with Crippen molar-refractivity contribution in [2.24, 2.45) is 0 Å². The maximum Gasteiger partial charge on any atom is 0.165 e. The fourth-order valence-corrected chi connectivity index (χ4v) is 1.65. The lowest BCUT2D eigenvalue weighted by Gasteiger charge is -2.14. The van der Waals surface area contributed by atoms with Crippen LogP contribution < -0.4 is 0 Å². The molecule has 14 heavy (non-hydrogen) atoms. The average molecular weight is 202 g/mol. The van der Waals surface area contributed by atoms with E-state index in [9.17, 15) is 13.2 Å². The first-order valence-corrected chi connectivity index (χ1v) is 4.35. The fraction of sp³-hybridized carbons (Fsp3) is 0.400. The van der Waals surface area contributed by atoms with Gasteiger partial charge in [-0.25, -0.2) is 13.2 Å². The van der Waals surface area contributed by atoms with Gasteiger partial charge < -0.3 is 5.11 Å². The highest BCUT2D eigenvalue weighted by molar-refractivity contribution is 5.34. The van der Waals surface area contributed by atoms with Gasteiger partial charge in [0.25, 0.3) is 0 Å². The van der Waals surface area contributed by atoms with Crippen LogP contribution in [-0.4, -0.2) is 11.7 Å². The number of benzene rings is 1. The highest BCUT2D eigenvalue weighted by Crippen LogP contribution is 2.49. The van der Waals surface area contributed by atoms with Gasteiger partial charge in [0.05, 0.1) is 6.61 Å². The van der Waals surface area contributed by atoms with Crippen molar-refractivity contribution in [3.05, 3.63) is 35.1 Å². The standard InChI is InChI=1S/C10H9F3O/c11-6-1-2-7(12)9(13)8(6)10(5-14)3-4-10/h1-2,14H,3-5H2. The van der Waals surface area contributed by atoms with Crippen molar-refractivity contribution in [1.29, 1.82) is 0 Å². The molecule has 0 aliphatic heterocycles. The first-order chi connectivity index (χ1) is 6.60. The van der Waals surface area contributed by atoms with Gasteiger partial charge in [-0.15, -0.1) is 0 Å². The smallest absolute Gasteiger partial charge is 0.165 e. The minimum atomic E-state index is -1.17. The second-order valence-corrected chi connectivity index (χ2v) is 3.66. The lowest BCUT2D eigenvalue weighted by atomic mass is 9.95. The van der Waals surface area contributed by atoms with E-state index < -0.39 is 22.9 Å². The van der Waals surface area contributed by atoms with E-state index in [4.69, 9.17) is 5.11 Å². The van der Waals surface area contributed by atoms with Gasteiger partial charge in [0.1, 0.15) is 5.82 Å². The molecule has 0 saturated heterocycles. The van der Waals surface area contributed by atoms with Gasteiger partial charge in [0.2, 0.25) is 0 Å². The summed E-state index contributed by atoms with van der Waals surface area (Å²) in [4.78, 5) is 0. The van der Waals surface area contributed by atoms with Crippen LogP contribution in [0.2, 0.25) is 0 Å². The Morgan fingerprint density at radius 3 is 2.21 bits per heavy atom. The van der Waals surface area contributed by atoms with Gasteiger partial charge in [-0.05, 0) is 25.0 Å². The second kappa shape index (κ2) is 2.98. The number of rotatable bonds is 2. The Morgan fingerprint density at radius 2 is 1.71 bits per heavy atom. The molecule has 0 unspecified atom stereocenters. The first kappa shape index (κ1) is 9.52. The molecule has 1 nitrogen and oxygen atoms in total. The SMILES string of the molecule is OCC1(c2c(F)ccc(F)c2F)CC1. The molecule has 1 aliphatic rings. The van der Waals surface area contributed by atoms with Gasteiger partial charge in [-0.2, -0.15) is 0 Å². The third-order valence-corrected chi connectivity index (χ3v) is 2.73. The normalized spacial score (nSPS) is 18.3. The molecule has 1 aromatic carbocycles. The maximum absolute atomic E-state index is 13.3. The third-order valence-electron chi connectivity index (χ3n) is 2.73. The van der Waals surface area contributed by atoms with Crippen molar-refractivity contribution in [2.75, 3.05) is 6.61 Å². The number of aliphatic hydroxyl groups excluding tert-OH is 1. The lowest BCUT2D eigenvalue weighted by Crippen LogP contribution is -2.17. The van der Waals surface area contributed by atoms with E-state index in [1.165, 1.54) is 0 Å². The zero-order valence-electron chi connectivity index (χ0n) is 7.36. The maximum atomic E-state index is 13.3. The topological polar surface area (TPSA) is 20.2 Å². The van der Waals surface area contributed by atoms with E-state index in [2.05, 4.69) is 0 Å². The van der Waals surface area contributed by atoms with Crippen LogP contribution in [0.4, 0.5) is 13.2 Å². The molecule has 0 spiro atoms. The summed E-state index contributed by atoms with van der Waals surface area (Å²) in [6.45, 7) is -0.343. The molecule has 0 radical (unpaired) electrons. The van der Waals surface area contributed by atoms with Crippen molar-refractivity contribution in [3.8, 4) is 0 Å². The minimum Gasteiger partial charge on any atom is -0.395 e. The Morgan fingerprint density at radius 1 is 1.14 bits per heavy atom. The number of halogens is 3. The van der Waals surface area contributed by atoms with Gasteiger partial charge in [-0.3, -0.25) is 0 Å². The van der Waals surface area contributed by atoms with Crippen molar-refractivity contribution in [3.63, 3.8) is 0 Å². The molecule has 0 aromatic heterocycles. The molecule has 1 N–H and O–H groups in total. The molecule has 0 bridgehead atoms. The van der Waals surface area contributed by atoms with Gasteiger partial charge in [0, 0.05) is 11.0 Å². The molecule has 76 valence electrons. The van der Waals surface area contributed by atoms with E-state index in [1.54, 1.807) is 0 Å². The lowest BCUT2D eigenvalue weighted by molar-refractivity contribution is 0.247. The van der Waals surface area contributed by atoms with Gasteiger partial charge in [-0.1, -0.05) is 0 Å². The zero-order chi connectivity index (χ0) is 10.3. The van der Waals surface area contributed by atoms with Crippen LogP contribution in [0.3, 0.4) is 0 Å². The third kappa shape index (κ3) is 1.21. The Labute approximate surface area is 79.2 Å². The molecular formula is C10H9F3O. The Kier molecular flexibility index (Phi) is 2.03. The summed E-state index contributed by atoms with van der Waals surface area (Å²) >= 11 is 0. The molecule has 0 amide bonds. The van der Waals surface area contributed by atoms with Crippen molar-refractivity contribution < 1.29 is 18.3 Å². The van der Waals surface area contributed by atoms with Crippen LogP contribution >= 0.6 is 0 Å². The Bertz CT molecular complexity index is 372. The highest BCUT2D eigenvalue weighted by atomic mass is 19.2. The number of hydrogen-bond donors (Lipinski definition) is 1. The summed E-state index contributed by atoms with van der Waals surface area (Å²) in [7, 11) is 0. The van der Waals surface area contributed by atoms with Crippen LogP contribution in [0.5, 0.6) is 0 Å². The summed E-state index contributed by atoms with van der Waals surface area (Å²) in [5.74, 6) is -3.02. The zero-order valence-corrected chi connectivity index (χ0v) is 7.36. The van der Waals surface area contributed by atoms with Gasteiger partial charge in [0.15, 0.2) is 11.6 Å². The largest absolute Gasteiger partial charge is 0.395 e. The molecule has 1 aliphatic carbocycles. The average Bonchev–Trinajstić information content (AvgIpc) is 2.93. The highest BCUT2D eigenvalue weighted by Gasteiger charge is 2.48. The van der Waals surface area contributed by atoms with E-state index >= 15 is 0 Å². The Balaban J connectivity index is 2.57. The van der Waals surface area contributed by atoms with Crippen molar-refractivity contribution in [1.82, 2.24) is 0 Å². The molecule has 1 fully saturated rings. The second-order valence-electron chi connectivity index (χ2n) is 3.66. The van der Waals surface area contributed by atoms with Crippen LogP contribution in [0.15, 0.2) is 12.1 Å². The summed E-state index contributed by atoms with van der Waals surface area (Å²) in [6.07, 6.45) is 1.00. The Hall–Kier alpha value is -1.03. The van der Waals surface area contributed by atoms with E-state index in [1.807, 2.05) is 0 Å². The molecule has 0 atom stereocenters. The summed E-state index contributed by atoms with van der Waals surface area (Å²) in [6, 6.07) is 1.64. The monoisotopic (exact) mass is 202 g/mol. The summed E-state index contributed by atoms with van der Waals surface area (Å²) < 4.78 is 39.3. The summed E-state index contributed by atoms with van der Waals surface area (Å²) in [5, 5.41) is 8.99. The van der Waals surface area contributed by atoms with E-state index in [-0.39, 0.29) is 12.2 Å². The molecular weight excluding hydrogens is 193 g/mol. The quantitative estimate of drug-likeness (QED) is 0.728. The molecule has 1 aromatic rings. The van der Waals surface area contributed by atoms with Crippen molar-refractivity contribution >= 4 is 0 Å². The predicted molar refractivity (Wildman–Crippen MR) is 44.3 cm³/mol. The van der Waals surface area contributed by atoms with E-state index in [0.29, 0.717) is 12.8 Å². The van der Waals surface area contributed by atoms with Crippen molar-refractivity contribution in [2.45, 2.75) is 18.3 Å². The number of hydrogen-bond acceptors (Lipinski definition) is 1. The van der Waals surface area contributed by atoms with Gasteiger partial charge >= 0.3 is 0 Å². The molecule has 4 heteroatoms. The fourth-order valence-electron chi connectivity index (χ4n) is 1.65. The van der Waals surface area contributed by atoms with Crippen LogP contribution in [0, 0.1) is 17.5 Å². The molecule has 2 rings (SSSR count). The van der Waals surface area contributed by atoms with Crippen LogP contribution in [0.1, 0.15) is 18.4 Å². The van der Waals surface area contributed by atoms with E-state index in [0.717, 1.165) is 12.1 Å². The minimum absolute atomic E-state index is 0.306. The first-order valence-electron chi connectivity index (χ1n) is 4.35. The van der Waals surface area contributed by atoms with Crippen LogP contribution in [-0.2, 0) is 5.41 Å². The summed E-state index contributed by atoms with van der Waals surface area (Å²) in [5.41, 5.74) is -1.18.